The molecule has 0 saturated heterocycles. The summed E-state index contributed by atoms with van der Waals surface area (Å²) >= 11 is 7.72. The van der Waals surface area contributed by atoms with Gasteiger partial charge in [0.05, 0.1) is 4.91 Å². The minimum Gasteiger partial charge on any atom is -0.480 e. The number of carboxylic acids is 1. The maximum absolute atomic E-state index is 13.1. The Balaban J connectivity index is 2.04. The molecule has 0 aromatic heterocycles. The number of fused-ring (bicyclic) bond motifs is 3. The molecule has 1 aliphatic carbocycles. The van der Waals surface area contributed by atoms with Crippen molar-refractivity contribution >= 4 is 64.1 Å². The monoisotopic (exact) mass is 606 g/mol. The van der Waals surface area contributed by atoms with Crippen molar-refractivity contribution in [1.29, 1.82) is 0 Å². The predicted molar refractivity (Wildman–Crippen MR) is 180 cm³/mol. The van der Waals surface area contributed by atoms with E-state index in [4.69, 9.17) is 23.7 Å². The average Bonchev–Trinajstić information content (AvgIpc) is 3.53. The standard InChI is InChI=1S/C33H38N2O3S3/c1-7-10-13-25(9-3)35-28-15-11-14-26(28)27-18-24(16-17-29(27)35)19-30(22(4)12-8-2)41-23(5)32(40-21-39)33(38)34(6)20-31(36)37/h1,9-10,12-13,16-19,21,26,28H,8,11,14-15,20H2,2-6H3,(H,36,37)/b13-10-,22-12-,25-9+,30-19+,32-23+. The van der Waals surface area contributed by atoms with Crippen molar-refractivity contribution in [3.05, 3.63) is 79.6 Å². The summed E-state index contributed by atoms with van der Waals surface area (Å²) in [5, 5.41) is 9.16. The summed E-state index contributed by atoms with van der Waals surface area (Å²) in [6.07, 6.45) is 20.2. The number of hydrogen-bond acceptors (Lipinski definition) is 6. The Hall–Kier alpha value is -2.99. The van der Waals surface area contributed by atoms with Gasteiger partial charge in [-0.05, 0) is 87.1 Å². The molecule has 1 heterocycles. The second-order valence-corrected chi connectivity index (χ2v) is 12.7. The minimum absolute atomic E-state index is 0.358. The molecule has 0 bridgehead atoms. The Morgan fingerprint density at radius 2 is 2.05 bits per heavy atom. The molecule has 1 aromatic rings. The number of carboxylic acid groups (broad SMARTS) is 1. The van der Waals surface area contributed by atoms with Gasteiger partial charge in [0.2, 0.25) is 0 Å². The molecule has 1 aromatic carbocycles. The van der Waals surface area contributed by atoms with Crippen LogP contribution in [0.25, 0.3) is 6.08 Å². The SMILES string of the molecule is C#C/C=C\C(=C/C)N1c2ccc(/C=C(S/C(C)=C(/SC=S)C(=O)N(C)CC(=O)O)\C(C)=C/CC)cc2C2CCCC21. The van der Waals surface area contributed by atoms with Crippen molar-refractivity contribution in [3.8, 4) is 12.3 Å². The van der Waals surface area contributed by atoms with Crippen molar-refractivity contribution in [1.82, 2.24) is 4.90 Å². The number of likely N-dealkylation sites (N-methyl/N-ethyl adjacent to an activating group) is 1. The first-order valence-electron chi connectivity index (χ1n) is 13.7. The van der Waals surface area contributed by atoms with Gasteiger partial charge in [-0.1, -0.05) is 73.2 Å². The fourth-order valence-corrected chi connectivity index (χ4v) is 7.55. The van der Waals surface area contributed by atoms with Gasteiger partial charge in [0.25, 0.3) is 5.91 Å². The quantitative estimate of drug-likeness (QED) is 0.112. The molecule has 1 aliphatic heterocycles. The topological polar surface area (TPSA) is 60.9 Å². The summed E-state index contributed by atoms with van der Waals surface area (Å²) in [5.74, 6) is 1.68. The van der Waals surface area contributed by atoms with Crippen molar-refractivity contribution in [2.24, 2.45) is 0 Å². The molecule has 3 rings (SSSR count). The van der Waals surface area contributed by atoms with Crippen LogP contribution in [0.4, 0.5) is 5.69 Å². The highest BCUT2D eigenvalue weighted by molar-refractivity contribution is 8.24. The normalized spacial score (nSPS) is 19.5. The van der Waals surface area contributed by atoms with Crippen LogP contribution in [0.2, 0.25) is 0 Å². The van der Waals surface area contributed by atoms with E-state index in [0.717, 1.165) is 51.2 Å². The van der Waals surface area contributed by atoms with Crippen LogP contribution < -0.4 is 4.90 Å². The number of nitrogens with zero attached hydrogens (tertiary/aromatic N) is 2. The molecule has 41 heavy (non-hydrogen) atoms. The summed E-state index contributed by atoms with van der Waals surface area (Å²) in [7, 11) is 1.49. The van der Waals surface area contributed by atoms with E-state index < -0.39 is 5.97 Å². The summed E-state index contributed by atoms with van der Waals surface area (Å²) in [6, 6.07) is 7.12. The molecule has 0 spiro atoms. The van der Waals surface area contributed by atoms with E-state index in [2.05, 4.69) is 68.0 Å². The lowest BCUT2D eigenvalue weighted by Crippen LogP contribution is -2.32. The van der Waals surface area contributed by atoms with Crippen LogP contribution >= 0.6 is 35.7 Å². The maximum atomic E-state index is 13.1. The number of carbonyl (C=O) groups excluding carboxylic acids is 1. The lowest BCUT2D eigenvalue weighted by molar-refractivity contribution is -0.141. The highest BCUT2D eigenvalue weighted by Crippen LogP contribution is 2.51. The van der Waals surface area contributed by atoms with Gasteiger partial charge in [0.1, 0.15) is 6.54 Å². The summed E-state index contributed by atoms with van der Waals surface area (Å²) in [5.41, 5.74) is 5.96. The molecular weight excluding hydrogens is 569 g/mol. The van der Waals surface area contributed by atoms with E-state index in [-0.39, 0.29) is 12.5 Å². The van der Waals surface area contributed by atoms with E-state index in [9.17, 15) is 9.59 Å². The van der Waals surface area contributed by atoms with Crippen LogP contribution in [-0.2, 0) is 9.59 Å². The lowest BCUT2D eigenvalue weighted by atomic mass is 9.95. The molecule has 8 heteroatoms. The number of hydrogen-bond donors (Lipinski definition) is 1. The Morgan fingerprint density at radius 3 is 2.68 bits per heavy atom. The van der Waals surface area contributed by atoms with Gasteiger partial charge >= 0.3 is 5.97 Å². The van der Waals surface area contributed by atoms with Crippen LogP contribution in [-0.4, -0.2) is 46.2 Å². The van der Waals surface area contributed by atoms with E-state index in [1.807, 2.05) is 13.0 Å². The summed E-state index contributed by atoms with van der Waals surface area (Å²) in [6.45, 7) is 7.75. The van der Waals surface area contributed by atoms with Crippen molar-refractivity contribution < 1.29 is 14.7 Å². The summed E-state index contributed by atoms with van der Waals surface area (Å²) < 4.78 is 1.44. The van der Waals surface area contributed by atoms with Gasteiger partial charge in [0.15, 0.2) is 0 Å². The Labute approximate surface area is 258 Å². The van der Waals surface area contributed by atoms with Crippen LogP contribution in [0.5, 0.6) is 0 Å². The van der Waals surface area contributed by atoms with Crippen LogP contribution in [0.1, 0.15) is 70.4 Å². The number of rotatable bonds is 12. The molecular formula is C33H38N2O3S3. The highest BCUT2D eigenvalue weighted by Gasteiger charge is 2.42. The van der Waals surface area contributed by atoms with Crippen LogP contribution in [0.15, 0.2) is 68.5 Å². The smallest absolute Gasteiger partial charge is 0.323 e. The number of allylic oxidation sites excluding steroid dienone is 6. The van der Waals surface area contributed by atoms with Crippen molar-refractivity contribution in [2.45, 2.75) is 65.3 Å². The van der Waals surface area contributed by atoms with Gasteiger partial charge in [-0.15, -0.1) is 6.42 Å². The Bertz CT molecular complexity index is 1380. The maximum Gasteiger partial charge on any atom is 0.323 e. The molecule has 2 aliphatic rings. The third-order valence-corrected chi connectivity index (χ3v) is 9.71. The third kappa shape index (κ3) is 7.85. The fourth-order valence-electron chi connectivity index (χ4n) is 5.52. The number of thioether (sulfide) groups is 2. The first kappa shape index (κ1) is 32.5. The van der Waals surface area contributed by atoms with Gasteiger partial charge < -0.3 is 14.9 Å². The molecule has 2 atom stereocenters. The zero-order chi connectivity index (χ0) is 30.1. The number of thiocarbonyl (C=S) groups is 1. The van der Waals surface area contributed by atoms with Gasteiger partial charge in [-0.3, -0.25) is 9.59 Å². The van der Waals surface area contributed by atoms with Crippen LogP contribution in [0.3, 0.4) is 0 Å². The zero-order valence-corrected chi connectivity index (χ0v) is 26.8. The highest BCUT2D eigenvalue weighted by atomic mass is 32.2. The molecule has 216 valence electrons. The number of amides is 1. The fraction of sp³-hybridized carbons (Fsp3) is 0.364. The van der Waals surface area contributed by atoms with Gasteiger partial charge in [-0.25, -0.2) is 0 Å². The molecule has 1 N–H and O–H groups in total. The van der Waals surface area contributed by atoms with Gasteiger partial charge in [0, 0.05) is 44.9 Å². The second kappa shape index (κ2) is 15.3. The minimum atomic E-state index is -1.06. The number of aliphatic carboxylic acids is 1. The Morgan fingerprint density at radius 1 is 1.29 bits per heavy atom. The molecule has 2 unspecified atom stereocenters. The van der Waals surface area contributed by atoms with E-state index >= 15 is 0 Å². The number of anilines is 1. The number of benzene rings is 1. The number of carbonyl (C=O) groups is 2. The first-order valence-corrected chi connectivity index (χ1v) is 15.9. The molecule has 1 fully saturated rings. The molecule has 1 amide bonds. The molecule has 1 saturated carbocycles. The van der Waals surface area contributed by atoms with E-state index in [1.54, 1.807) is 6.08 Å². The molecule has 0 radical (unpaired) electrons. The number of terminal acetylenes is 1. The van der Waals surface area contributed by atoms with E-state index in [1.165, 1.54) is 52.5 Å². The second-order valence-electron chi connectivity index (χ2n) is 10.1. The predicted octanol–water partition coefficient (Wildman–Crippen LogP) is 8.13. The summed E-state index contributed by atoms with van der Waals surface area (Å²) in [4.78, 5) is 30.2. The third-order valence-electron chi connectivity index (χ3n) is 7.30. The lowest BCUT2D eigenvalue weighted by Gasteiger charge is -2.28. The Kier molecular flexibility index (Phi) is 12.1. The largest absolute Gasteiger partial charge is 0.480 e. The van der Waals surface area contributed by atoms with Crippen molar-refractivity contribution in [3.63, 3.8) is 0 Å². The van der Waals surface area contributed by atoms with Gasteiger partial charge in [-0.2, -0.15) is 0 Å². The van der Waals surface area contributed by atoms with Crippen LogP contribution in [0, 0.1) is 12.3 Å². The first-order chi connectivity index (χ1) is 19.7. The van der Waals surface area contributed by atoms with E-state index in [0.29, 0.717) is 16.9 Å². The average molecular weight is 607 g/mol. The van der Waals surface area contributed by atoms with Crippen molar-refractivity contribution in [2.75, 3.05) is 18.5 Å². The zero-order valence-electron chi connectivity index (χ0n) is 24.3. The molecule has 5 nitrogen and oxygen atoms in total.